The lowest BCUT2D eigenvalue weighted by Gasteiger charge is -2.12. The SMILES string of the molecule is O=C(CSc1nnc(-c2ccco2)n1-c1ccc(Cl)cc1)Nc1cc(C(F)(F)F)ccc1Cl. The third-order valence-corrected chi connectivity index (χ3v) is 5.87. The van der Waals surface area contributed by atoms with Crippen molar-refractivity contribution in [2.45, 2.75) is 11.3 Å². The van der Waals surface area contributed by atoms with E-state index in [2.05, 4.69) is 15.5 Å². The standard InChI is InChI=1S/C21H13Cl2F3N4O2S/c22-13-4-6-14(7-5-13)30-19(17-2-1-9-32-17)28-29-20(30)33-11-18(31)27-16-10-12(21(24,25)26)3-8-15(16)23/h1-10H,11H2,(H,27,31). The average molecular weight is 513 g/mol. The molecule has 12 heteroatoms. The lowest BCUT2D eigenvalue weighted by molar-refractivity contribution is -0.137. The molecular weight excluding hydrogens is 500 g/mol. The number of aromatic nitrogens is 3. The number of nitrogens with zero attached hydrogens (tertiary/aromatic N) is 3. The number of hydrogen-bond acceptors (Lipinski definition) is 5. The van der Waals surface area contributed by atoms with Crippen molar-refractivity contribution in [3.8, 4) is 17.3 Å². The monoisotopic (exact) mass is 512 g/mol. The van der Waals surface area contributed by atoms with Crippen LogP contribution in [0.5, 0.6) is 0 Å². The lowest BCUT2D eigenvalue weighted by Crippen LogP contribution is -2.16. The van der Waals surface area contributed by atoms with Crippen LogP contribution in [0.4, 0.5) is 18.9 Å². The molecule has 0 fully saturated rings. The molecule has 0 saturated heterocycles. The van der Waals surface area contributed by atoms with E-state index in [-0.39, 0.29) is 16.5 Å². The molecule has 33 heavy (non-hydrogen) atoms. The van der Waals surface area contributed by atoms with Crippen LogP contribution in [0.3, 0.4) is 0 Å². The first-order valence-electron chi connectivity index (χ1n) is 9.27. The van der Waals surface area contributed by atoms with E-state index in [0.29, 0.717) is 27.5 Å². The molecule has 0 unspecified atom stereocenters. The van der Waals surface area contributed by atoms with Gasteiger partial charge in [0.1, 0.15) is 0 Å². The third-order valence-electron chi connectivity index (χ3n) is 4.36. The molecule has 4 aromatic rings. The highest BCUT2D eigenvalue weighted by atomic mass is 35.5. The van der Waals surface area contributed by atoms with E-state index in [1.807, 2.05) is 0 Å². The Morgan fingerprint density at radius 1 is 1.09 bits per heavy atom. The van der Waals surface area contributed by atoms with Gasteiger partial charge in [-0.25, -0.2) is 0 Å². The average Bonchev–Trinajstić information content (AvgIpc) is 3.43. The van der Waals surface area contributed by atoms with Gasteiger partial charge in [-0.05, 0) is 54.6 Å². The zero-order chi connectivity index (χ0) is 23.6. The minimum absolute atomic E-state index is 0.00853. The van der Waals surface area contributed by atoms with Gasteiger partial charge < -0.3 is 9.73 Å². The van der Waals surface area contributed by atoms with E-state index < -0.39 is 17.6 Å². The van der Waals surface area contributed by atoms with Gasteiger partial charge >= 0.3 is 6.18 Å². The number of alkyl halides is 3. The topological polar surface area (TPSA) is 73.0 Å². The van der Waals surface area contributed by atoms with Crippen LogP contribution in [-0.2, 0) is 11.0 Å². The Morgan fingerprint density at radius 2 is 1.85 bits per heavy atom. The molecule has 0 radical (unpaired) electrons. The molecule has 0 aliphatic carbocycles. The second-order valence-corrected chi connectivity index (χ2v) is 8.41. The molecule has 2 aromatic carbocycles. The minimum Gasteiger partial charge on any atom is -0.461 e. The highest BCUT2D eigenvalue weighted by molar-refractivity contribution is 7.99. The summed E-state index contributed by atoms with van der Waals surface area (Å²) in [5, 5.41) is 11.6. The molecular formula is C21H13Cl2F3N4O2S. The van der Waals surface area contributed by atoms with Crippen molar-refractivity contribution < 1.29 is 22.4 Å². The van der Waals surface area contributed by atoms with Gasteiger partial charge in [-0.15, -0.1) is 10.2 Å². The fraction of sp³-hybridized carbons (Fsp3) is 0.0952. The molecule has 0 aliphatic rings. The summed E-state index contributed by atoms with van der Waals surface area (Å²) >= 11 is 13.0. The van der Waals surface area contributed by atoms with E-state index in [1.165, 1.54) is 6.26 Å². The fourth-order valence-corrected chi connectivity index (χ4v) is 3.91. The summed E-state index contributed by atoms with van der Waals surface area (Å²) in [6, 6.07) is 13.0. The molecule has 2 heterocycles. The van der Waals surface area contributed by atoms with Crippen molar-refractivity contribution in [1.82, 2.24) is 14.8 Å². The first-order chi connectivity index (χ1) is 15.7. The number of hydrogen-bond donors (Lipinski definition) is 1. The van der Waals surface area contributed by atoms with Gasteiger partial charge in [0.05, 0.1) is 28.3 Å². The van der Waals surface area contributed by atoms with Crippen LogP contribution in [0.1, 0.15) is 5.56 Å². The van der Waals surface area contributed by atoms with Crippen LogP contribution < -0.4 is 5.32 Å². The van der Waals surface area contributed by atoms with Crippen molar-refractivity contribution in [1.29, 1.82) is 0 Å². The van der Waals surface area contributed by atoms with Gasteiger partial charge in [-0.1, -0.05) is 35.0 Å². The quantitative estimate of drug-likeness (QED) is 0.295. The second-order valence-electron chi connectivity index (χ2n) is 6.62. The van der Waals surface area contributed by atoms with E-state index in [4.69, 9.17) is 27.6 Å². The molecule has 0 spiro atoms. The van der Waals surface area contributed by atoms with Crippen LogP contribution in [0.2, 0.25) is 10.0 Å². The summed E-state index contributed by atoms with van der Waals surface area (Å²) in [6.07, 6.45) is -3.06. The number of furan rings is 1. The number of anilines is 1. The maximum atomic E-state index is 13.0. The summed E-state index contributed by atoms with van der Waals surface area (Å²) in [6.45, 7) is 0. The van der Waals surface area contributed by atoms with Gasteiger partial charge in [-0.3, -0.25) is 9.36 Å². The Bertz CT molecular complexity index is 1280. The maximum Gasteiger partial charge on any atom is 0.416 e. The first kappa shape index (κ1) is 23.2. The van der Waals surface area contributed by atoms with E-state index in [9.17, 15) is 18.0 Å². The summed E-state index contributed by atoms with van der Waals surface area (Å²) in [5.74, 6) is 0.151. The molecule has 0 aliphatic heterocycles. The van der Waals surface area contributed by atoms with Crippen LogP contribution >= 0.6 is 35.0 Å². The number of carbonyl (C=O) groups excluding carboxylic acids is 1. The van der Waals surface area contributed by atoms with Gasteiger partial charge in [0.25, 0.3) is 0 Å². The Labute approximate surface area is 199 Å². The summed E-state index contributed by atoms with van der Waals surface area (Å²) in [5.41, 5.74) is -0.368. The number of halogens is 5. The zero-order valence-corrected chi connectivity index (χ0v) is 18.8. The Hall–Kier alpha value is -2.95. The van der Waals surface area contributed by atoms with Crippen molar-refractivity contribution in [3.05, 3.63) is 76.5 Å². The van der Waals surface area contributed by atoms with Gasteiger partial charge in [0, 0.05) is 10.7 Å². The molecule has 6 nitrogen and oxygen atoms in total. The highest BCUT2D eigenvalue weighted by Gasteiger charge is 2.31. The number of nitrogens with one attached hydrogen (secondary N) is 1. The number of benzene rings is 2. The van der Waals surface area contributed by atoms with E-state index in [0.717, 1.165) is 30.0 Å². The normalized spacial score (nSPS) is 11.5. The molecule has 2 aromatic heterocycles. The van der Waals surface area contributed by atoms with E-state index >= 15 is 0 Å². The predicted molar refractivity (Wildman–Crippen MR) is 120 cm³/mol. The lowest BCUT2D eigenvalue weighted by atomic mass is 10.2. The van der Waals surface area contributed by atoms with Crippen molar-refractivity contribution >= 4 is 46.6 Å². The molecule has 0 bridgehead atoms. The van der Waals surface area contributed by atoms with Crippen LogP contribution in [0.25, 0.3) is 17.3 Å². The molecule has 0 atom stereocenters. The third kappa shape index (κ3) is 5.35. The van der Waals surface area contributed by atoms with Crippen LogP contribution in [0.15, 0.2) is 70.4 Å². The molecule has 1 N–H and O–H groups in total. The number of amides is 1. The van der Waals surface area contributed by atoms with Gasteiger partial charge in [0.2, 0.25) is 11.7 Å². The minimum atomic E-state index is -4.56. The largest absolute Gasteiger partial charge is 0.461 e. The summed E-state index contributed by atoms with van der Waals surface area (Å²) in [7, 11) is 0. The van der Waals surface area contributed by atoms with Crippen LogP contribution in [0, 0.1) is 0 Å². The predicted octanol–water partition coefficient (Wildman–Crippen LogP) is 6.58. The van der Waals surface area contributed by atoms with Crippen molar-refractivity contribution in [2.24, 2.45) is 0 Å². The summed E-state index contributed by atoms with van der Waals surface area (Å²) < 4.78 is 46.0. The molecule has 0 saturated carbocycles. The molecule has 1 amide bonds. The second kappa shape index (κ2) is 9.50. The fourth-order valence-electron chi connectivity index (χ4n) is 2.87. The Kier molecular flexibility index (Phi) is 6.68. The van der Waals surface area contributed by atoms with Crippen molar-refractivity contribution in [3.63, 3.8) is 0 Å². The van der Waals surface area contributed by atoms with Crippen LogP contribution in [-0.4, -0.2) is 26.4 Å². The van der Waals surface area contributed by atoms with Crippen molar-refractivity contribution in [2.75, 3.05) is 11.1 Å². The molecule has 4 rings (SSSR count). The number of thioether (sulfide) groups is 1. The summed E-state index contributed by atoms with van der Waals surface area (Å²) in [4.78, 5) is 12.5. The maximum absolute atomic E-state index is 13.0. The van der Waals surface area contributed by atoms with Gasteiger partial charge in [-0.2, -0.15) is 13.2 Å². The molecule has 170 valence electrons. The number of rotatable bonds is 6. The Morgan fingerprint density at radius 3 is 2.52 bits per heavy atom. The first-order valence-corrected chi connectivity index (χ1v) is 11.0. The van der Waals surface area contributed by atoms with Gasteiger partial charge in [0.15, 0.2) is 10.9 Å². The van der Waals surface area contributed by atoms with E-state index in [1.54, 1.807) is 41.0 Å². The Balaban J connectivity index is 1.55. The number of carbonyl (C=O) groups is 1. The highest BCUT2D eigenvalue weighted by Crippen LogP contribution is 2.34. The smallest absolute Gasteiger partial charge is 0.416 e. The zero-order valence-electron chi connectivity index (χ0n) is 16.4.